The van der Waals surface area contributed by atoms with E-state index in [-0.39, 0.29) is 9.92 Å². The van der Waals surface area contributed by atoms with Crippen LogP contribution in [-0.4, -0.2) is 33.3 Å². The number of hydrogen-bond acceptors (Lipinski definition) is 6. The number of sulfone groups is 1. The lowest BCUT2D eigenvalue weighted by molar-refractivity contribution is 0.595. The van der Waals surface area contributed by atoms with E-state index in [1.807, 2.05) is 19.9 Å². The van der Waals surface area contributed by atoms with Crippen molar-refractivity contribution < 1.29 is 16.8 Å². The van der Waals surface area contributed by atoms with Crippen LogP contribution in [0.25, 0.3) is 11.3 Å². The maximum absolute atomic E-state index is 12.7. The zero-order chi connectivity index (χ0) is 20.5. The van der Waals surface area contributed by atoms with E-state index in [1.165, 1.54) is 12.1 Å². The maximum Gasteiger partial charge on any atom is 0.261 e. The second-order valence-corrected chi connectivity index (χ2v) is 10.2. The van der Waals surface area contributed by atoms with Crippen molar-refractivity contribution in [2.45, 2.75) is 23.8 Å². The number of nitrogens with zero attached hydrogens (tertiary/aromatic N) is 2. The highest BCUT2D eigenvalue weighted by molar-refractivity contribution is 7.92. The molecule has 0 aliphatic carbocycles. The molecule has 0 unspecified atom stereocenters. The Morgan fingerprint density at radius 3 is 2.07 bits per heavy atom. The molecule has 1 heterocycles. The van der Waals surface area contributed by atoms with E-state index in [2.05, 4.69) is 14.9 Å². The predicted molar refractivity (Wildman–Crippen MR) is 107 cm³/mol. The number of sulfonamides is 1. The highest BCUT2D eigenvalue weighted by Crippen LogP contribution is 2.24. The normalized spacial score (nSPS) is 12.0. The molecule has 0 bridgehead atoms. The lowest BCUT2D eigenvalue weighted by Gasteiger charge is -2.11. The zero-order valence-electron chi connectivity index (χ0n) is 15.5. The Labute approximate surface area is 164 Å². The third-order valence-electron chi connectivity index (χ3n) is 3.94. The van der Waals surface area contributed by atoms with Gasteiger partial charge in [-0.25, -0.2) is 16.8 Å². The van der Waals surface area contributed by atoms with Crippen molar-refractivity contribution in [1.29, 1.82) is 0 Å². The molecule has 7 nitrogen and oxygen atoms in total. The van der Waals surface area contributed by atoms with Crippen LogP contribution in [0.5, 0.6) is 0 Å². The number of aromatic nitrogens is 2. The first-order valence-corrected chi connectivity index (χ1v) is 11.7. The first-order chi connectivity index (χ1) is 13.0. The van der Waals surface area contributed by atoms with Crippen LogP contribution in [0.3, 0.4) is 0 Å². The minimum atomic E-state index is -3.75. The second-order valence-electron chi connectivity index (χ2n) is 6.54. The highest BCUT2D eigenvalue weighted by atomic mass is 32.2. The topological polar surface area (TPSA) is 106 Å². The summed E-state index contributed by atoms with van der Waals surface area (Å²) in [4.78, 5) is 0.188. The van der Waals surface area contributed by atoms with Gasteiger partial charge in [0.1, 0.15) is 0 Å². The molecular formula is C19H19N3O4S2. The van der Waals surface area contributed by atoms with Crippen LogP contribution in [-0.2, 0) is 19.9 Å². The van der Waals surface area contributed by atoms with Gasteiger partial charge in [0, 0.05) is 17.5 Å². The van der Waals surface area contributed by atoms with Gasteiger partial charge < -0.3 is 0 Å². The Morgan fingerprint density at radius 2 is 1.50 bits per heavy atom. The van der Waals surface area contributed by atoms with Gasteiger partial charge in [-0.05, 0) is 61.4 Å². The predicted octanol–water partition coefficient (Wildman–Crippen LogP) is 2.96. The van der Waals surface area contributed by atoms with Crippen molar-refractivity contribution >= 4 is 25.5 Å². The van der Waals surface area contributed by atoms with Crippen LogP contribution in [0, 0.1) is 13.8 Å². The molecule has 0 fully saturated rings. The third-order valence-corrected chi connectivity index (χ3v) is 6.27. The van der Waals surface area contributed by atoms with Crippen LogP contribution < -0.4 is 4.72 Å². The van der Waals surface area contributed by atoms with Gasteiger partial charge in [-0.3, -0.25) is 4.72 Å². The van der Waals surface area contributed by atoms with Crippen molar-refractivity contribution in [3.63, 3.8) is 0 Å². The summed E-state index contributed by atoms with van der Waals surface area (Å²) >= 11 is 0. The summed E-state index contributed by atoms with van der Waals surface area (Å²) in [7, 11) is -7.19. The molecular weight excluding hydrogens is 398 g/mol. The van der Waals surface area contributed by atoms with Crippen molar-refractivity contribution in [1.82, 2.24) is 10.2 Å². The maximum atomic E-state index is 12.7. The molecule has 0 saturated heterocycles. The zero-order valence-corrected chi connectivity index (χ0v) is 17.2. The van der Waals surface area contributed by atoms with Crippen molar-refractivity contribution in [3.8, 4) is 11.3 Å². The molecule has 0 amide bonds. The Kier molecular flexibility index (Phi) is 5.22. The summed E-state index contributed by atoms with van der Waals surface area (Å²) in [6.45, 7) is 3.68. The fourth-order valence-electron chi connectivity index (χ4n) is 2.72. The highest BCUT2D eigenvalue weighted by Gasteiger charge is 2.16. The molecule has 0 aliphatic rings. The Balaban J connectivity index is 1.91. The SMILES string of the molecule is Cc1cc(C)cc(S(=O)(=O)Nc2cccc(-c3ccc(S(C)(=O)=O)nn3)c2)c1. The van der Waals surface area contributed by atoms with Gasteiger partial charge in [-0.2, -0.15) is 0 Å². The van der Waals surface area contributed by atoms with E-state index in [4.69, 9.17) is 0 Å². The summed E-state index contributed by atoms with van der Waals surface area (Å²) in [5, 5.41) is 7.53. The van der Waals surface area contributed by atoms with Crippen LogP contribution in [0.15, 0.2) is 64.5 Å². The van der Waals surface area contributed by atoms with Gasteiger partial charge in [0.05, 0.1) is 10.6 Å². The van der Waals surface area contributed by atoms with Crippen LogP contribution in [0.4, 0.5) is 5.69 Å². The molecule has 1 aromatic heterocycles. The van der Waals surface area contributed by atoms with Crippen LogP contribution in [0.2, 0.25) is 0 Å². The lowest BCUT2D eigenvalue weighted by Crippen LogP contribution is -2.13. The Morgan fingerprint density at radius 1 is 0.821 bits per heavy atom. The minimum Gasteiger partial charge on any atom is -0.280 e. The van der Waals surface area contributed by atoms with Gasteiger partial charge in [-0.15, -0.1) is 10.2 Å². The molecule has 28 heavy (non-hydrogen) atoms. The average Bonchev–Trinajstić information content (AvgIpc) is 2.60. The van der Waals surface area contributed by atoms with E-state index in [1.54, 1.807) is 36.4 Å². The van der Waals surface area contributed by atoms with Crippen molar-refractivity contribution in [2.75, 3.05) is 11.0 Å². The molecule has 0 spiro atoms. The second kappa shape index (κ2) is 7.33. The van der Waals surface area contributed by atoms with Crippen LogP contribution in [0.1, 0.15) is 11.1 Å². The van der Waals surface area contributed by atoms with E-state index in [9.17, 15) is 16.8 Å². The summed E-state index contributed by atoms with van der Waals surface area (Å²) in [5.41, 5.74) is 3.12. The molecule has 0 aliphatic heterocycles. The monoisotopic (exact) mass is 417 g/mol. The largest absolute Gasteiger partial charge is 0.280 e. The summed E-state index contributed by atoms with van der Waals surface area (Å²) in [6.07, 6.45) is 1.05. The summed E-state index contributed by atoms with van der Waals surface area (Å²) < 4.78 is 51.0. The first kappa shape index (κ1) is 20.0. The Bertz CT molecular complexity index is 1220. The van der Waals surface area contributed by atoms with E-state index < -0.39 is 19.9 Å². The molecule has 3 aromatic rings. The van der Waals surface area contributed by atoms with Gasteiger partial charge in [0.25, 0.3) is 10.0 Å². The lowest BCUT2D eigenvalue weighted by atomic mass is 10.1. The Hall–Kier alpha value is -2.78. The molecule has 0 radical (unpaired) electrons. The molecule has 0 saturated carbocycles. The molecule has 2 aromatic carbocycles. The average molecular weight is 418 g/mol. The minimum absolute atomic E-state index is 0.122. The number of hydrogen-bond donors (Lipinski definition) is 1. The number of nitrogens with one attached hydrogen (secondary N) is 1. The molecule has 146 valence electrons. The van der Waals surface area contributed by atoms with Gasteiger partial charge in [-0.1, -0.05) is 18.2 Å². The van der Waals surface area contributed by atoms with E-state index in [0.717, 1.165) is 17.4 Å². The number of rotatable bonds is 5. The number of aryl methyl sites for hydroxylation is 2. The van der Waals surface area contributed by atoms with Crippen LogP contribution >= 0.6 is 0 Å². The van der Waals surface area contributed by atoms with Gasteiger partial charge in [0.2, 0.25) is 0 Å². The molecule has 0 atom stereocenters. The van der Waals surface area contributed by atoms with Crippen molar-refractivity contribution in [3.05, 3.63) is 65.7 Å². The third kappa shape index (κ3) is 4.55. The summed E-state index contributed by atoms with van der Waals surface area (Å²) in [6, 6.07) is 14.7. The molecule has 3 rings (SSSR count). The van der Waals surface area contributed by atoms with E-state index >= 15 is 0 Å². The molecule has 9 heteroatoms. The number of benzene rings is 2. The fraction of sp³-hybridized carbons (Fsp3) is 0.158. The number of anilines is 1. The standard InChI is InChI=1S/C19H19N3O4S2/c1-13-9-14(2)11-17(10-13)28(25,26)22-16-6-4-5-15(12-16)18-7-8-19(21-20-18)27(3,23)24/h4-12,22H,1-3H3. The molecule has 1 N–H and O–H groups in total. The first-order valence-electron chi connectivity index (χ1n) is 8.30. The van der Waals surface area contributed by atoms with Gasteiger partial charge >= 0.3 is 0 Å². The van der Waals surface area contributed by atoms with Gasteiger partial charge in [0.15, 0.2) is 14.9 Å². The van der Waals surface area contributed by atoms with E-state index in [0.29, 0.717) is 16.9 Å². The summed E-state index contributed by atoms with van der Waals surface area (Å²) in [5.74, 6) is 0. The quantitative estimate of drug-likeness (QED) is 0.684. The van der Waals surface area contributed by atoms with Crippen molar-refractivity contribution in [2.24, 2.45) is 0 Å². The fourth-order valence-corrected chi connectivity index (χ4v) is 4.46. The smallest absolute Gasteiger partial charge is 0.261 e.